The van der Waals surface area contributed by atoms with E-state index in [4.69, 9.17) is 10.8 Å². The van der Waals surface area contributed by atoms with E-state index in [0.717, 1.165) is 26.1 Å². The molecule has 1 saturated heterocycles. The van der Waals surface area contributed by atoms with Crippen LogP contribution in [0.2, 0.25) is 0 Å². The molecule has 3 heteroatoms. The summed E-state index contributed by atoms with van der Waals surface area (Å²) < 4.78 is 0. The molecule has 72 valence electrons. The van der Waals surface area contributed by atoms with E-state index in [1.807, 2.05) is 0 Å². The maximum atomic E-state index is 8.98. The van der Waals surface area contributed by atoms with Crippen molar-refractivity contribution in [2.45, 2.75) is 19.3 Å². The van der Waals surface area contributed by atoms with E-state index < -0.39 is 0 Å². The summed E-state index contributed by atoms with van der Waals surface area (Å²) in [5.41, 5.74) is 5.44. The molecule has 0 aromatic carbocycles. The quantitative estimate of drug-likeness (QED) is 0.629. The molecular weight excluding hydrogens is 152 g/mol. The summed E-state index contributed by atoms with van der Waals surface area (Å²) in [6.45, 7) is 4.49. The van der Waals surface area contributed by atoms with E-state index in [1.165, 1.54) is 19.4 Å². The van der Waals surface area contributed by atoms with Crippen molar-refractivity contribution >= 4 is 0 Å². The highest BCUT2D eigenvalue weighted by Gasteiger charge is 2.17. The second kappa shape index (κ2) is 5.51. The highest BCUT2D eigenvalue weighted by Crippen LogP contribution is 2.15. The van der Waals surface area contributed by atoms with Crippen molar-refractivity contribution < 1.29 is 5.11 Å². The molecule has 3 nitrogen and oxygen atoms in total. The molecule has 0 aromatic heterocycles. The lowest BCUT2D eigenvalue weighted by atomic mass is 9.99. The van der Waals surface area contributed by atoms with Crippen molar-refractivity contribution in [3.63, 3.8) is 0 Å². The molecule has 1 fully saturated rings. The van der Waals surface area contributed by atoms with Crippen LogP contribution in [0.1, 0.15) is 19.3 Å². The molecule has 0 saturated carbocycles. The van der Waals surface area contributed by atoms with Gasteiger partial charge in [-0.2, -0.15) is 0 Å². The molecule has 1 aliphatic heterocycles. The molecule has 0 aromatic rings. The minimum absolute atomic E-state index is 0.346. The molecule has 0 amide bonds. The van der Waals surface area contributed by atoms with Gasteiger partial charge in [0.1, 0.15) is 0 Å². The normalized spacial score (nSPS) is 26.0. The van der Waals surface area contributed by atoms with Crippen LogP contribution in [-0.4, -0.2) is 42.8 Å². The lowest BCUT2D eigenvalue weighted by molar-refractivity contribution is 0.120. The van der Waals surface area contributed by atoms with E-state index >= 15 is 0 Å². The van der Waals surface area contributed by atoms with Crippen LogP contribution in [0.25, 0.3) is 0 Å². The SMILES string of the molecule is NCCCN1CCCC(CO)C1. The first-order valence-corrected chi connectivity index (χ1v) is 4.90. The summed E-state index contributed by atoms with van der Waals surface area (Å²) in [5, 5.41) is 8.98. The van der Waals surface area contributed by atoms with E-state index in [-0.39, 0.29) is 0 Å². The van der Waals surface area contributed by atoms with Gasteiger partial charge >= 0.3 is 0 Å². The number of hydrogen-bond donors (Lipinski definition) is 2. The number of rotatable bonds is 4. The smallest absolute Gasteiger partial charge is 0.0471 e. The lowest BCUT2D eigenvalue weighted by Crippen LogP contribution is -2.37. The third-order valence-corrected chi connectivity index (χ3v) is 2.54. The molecule has 0 spiro atoms. The first-order valence-electron chi connectivity index (χ1n) is 4.90. The number of hydrogen-bond acceptors (Lipinski definition) is 3. The summed E-state index contributed by atoms with van der Waals surface area (Å²) in [6.07, 6.45) is 3.50. The molecule has 1 atom stereocenters. The van der Waals surface area contributed by atoms with Gasteiger partial charge < -0.3 is 15.7 Å². The van der Waals surface area contributed by atoms with Crippen LogP contribution < -0.4 is 5.73 Å². The Bertz CT molecular complexity index is 119. The molecule has 1 unspecified atom stereocenters. The zero-order valence-electron chi connectivity index (χ0n) is 7.71. The standard InChI is InChI=1S/C9H20N2O/c10-4-2-6-11-5-1-3-9(7-11)8-12/h9,12H,1-8,10H2. The average Bonchev–Trinajstić information content (AvgIpc) is 2.15. The van der Waals surface area contributed by atoms with Crippen molar-refractivity contribution in [1.82, 2.24) is 4.90 Å². The Labute approximate surface area is 74.5 Å². The minimum Gasteiger partial charge on any atom is -0.396 e. The van der Waals surface area contributed by atoms with Gasteiger partial charge in [0.25, 0.3) is 0 Å². The molecule has 1 heterocycles. The van der Waals surface area contributed by atoms with Gasteiger partial charge in [0.15, 0.2) is 0 Å². The maximum absolute atomic E-state index is 8.98. The topological polar surface area (TPSA) is 49.5 Å². The maximum Gasteiger partial charge on any atom is 0.0471 e. The largest absolute Gasteiger partial charge is 0.396 e. The zero-order chi connectivity index (χ0) is 8.81. The van der Waals surface area contributed by atoms with Crippen molar-refractivity contribution in [3.05, 3.63) is 0 Å². The Morgan fingerprint density at radius 1 is 1.50 bits per heavy atom. The van der Waals surface area contributed by atoms with Gasteiger partial charge in [0, 0.05) is 13.2 Å². The highest BCUT2D eigenvalue weighted by molar-refractivity contribution is 4.72. The predicted octanol–water partition coefficient (Wildman–Crippen LogP) is 0.0395. The summed E-state index contributed by atoms with van der Waals surface area (Å²) in [5.74, 6) is 0.511. The van der Waals surface area contributed by atoms with Crippen LogP contribution in [0.15, 0.2) is 0 Å². The van der Waals surface area contributed by atoms with E-state index in [0.29, 0.717) is 12.5 Å². The number of nitrogens with zero attached hydrogens (tertiary/aromatic N) is 1. The van der Waals surface area contributed by atoms with Crippen LogP contribution in [0.3, 0.4) is 0 Å². The van der Waals surface area contributed by atoms with Gasteiger partial charge in [-0.15, -0.1) is 0 Å². The van der Waals surface area contributed by atoms with Gasteiger partial charge in [-0.1, -0.05) is 0 Å². The summed E-state index contributed by atoms with van der Waals surface area (Å²) in [7, 11) is 0. The fourth-order valence-electron chi connectivity index (χ4n) is 1.82. The second-order valence-corrected chi connectivity index (χ2v) is 3.63. The Hall–Kier alpha value is -0.120. The van der Waals surface area contributed by atoms with Crippen molar-refractivity contribution in [2.75, 3.05) is 32.8 Å². The fraction of sp³-hybridized carbons (Fsp3) is 1.00. The lowest BCUT2D eigenvalue weighted by Gasteiger charge is -2.31. The van der Waals surface area contributed by atoms with Crippen LogP contribution in [0, 0.1) is 5.92 Å². The minimum atomic E-state index is 0.346. The zero-order valence-corrected chi connectivity index (χ0v) is 7.71. The van der Waals surface area contributed by atoms with Gasteiger partial charge in [0.2, 0.25) is 0 Å². The summed E-state index contributed by atoms with van der Waals surface area (Å²) in [6, 6.07) is 0. The number of aliphatic hydroxyl groups is 1. The monoisotopic (exact) mass is 172 g/mol. The number of aliphatic hydroxyl groups excluding tert-OH is 1. The Morgan fingerprint density at radius 2 is 2.33 bits per heavy atom. The number of nitrogens with two attached hydrogens (primary N) is 1. The van der Waals surface area contributed by atoms with Crippen molar-refractivity contribution in [1.29, 1.82) is 0 Å². The third kappa shape index (κ3) is 3.09. The first kappa shape index (κ1) is 9.96. The van der Waals surface area contributed by atoms with Crippen LogP contribution in [0.5, 0.6) is 0 Å². The van der Waals surface area contributed by atoms with Crippen molar-refractivity contribution in [3.8, 4) is 0 Å². The number of likely N-dealkylation sites (tertiary alicyclic amines) is 1. The second-order valence-electron chi connectivity index (χ2n) is 3.63. The van der Waals surface area contributed by atoms with E-state index in [9.17, 15) is 0 Å². The molecule has 1 rings (SSSR count). The number of piperidine rings is 1. The molecule has 0 aliphatic carbocycles. The molecule has 0 radical (unpaired) electrons. The highest BCUT2D eigenvalue weighted by atomic mass is 16.3. The molecule has 12 heavy (non-hydrogen) atoms. The molecule has 1 aliphatic rings. The van der Waals surface area contributed by atoms with Gasteiger partial charge in [0.05, 0.1) is 0 Å². The Morgan fingerprint density at radius 3 is 3.00 bits per heavy atom. The van der Waals surface area contributed by atoms with Crippen LogP contribution >= 0.6 is 0 Å². The van der Waals surface area contributed by atoms with E-state index in [2.05, 4.69) is 4.90 Å². The Balaban J connectivity index is 2.16. The summed E-state index contributed by atoms with van der Waals surface area (Å²) >= 11 is 0. The van der Waals surface area contributed by atoms with Gasteiger partial charge in [-0.25, -0.2) is 0 Å². The molecule has 0 bridgehead atoms. The van der Waals surface area contributed by atoms with E-state index in [1.54, 1.807) is 0 Å². The van der Waals surface area contributed by atoms with Gasteiger partial charge in [-0.3, -0.25) is 0 Å². The third-order valence-electron chi connectivity index (χ3n) is 2.54. The van der Waals surface area contributed by atoms with Crippen LogP contribution in [0.4, 0.5) is 0 Å². The Kier molecular flexibility index (Phi) is 4.58. The molecule has 3 N–H and O–H groups in total. The fourth-order valence-corrected chi connectivity index (χ4v) is 1.82. The van der Waals surface area contributed by atoms with Crippen LogP contribution in [-0.2, 0) is 0 Å². The van der Waals surface area contributed by atoms with Crippen molar-refractivity contribution in [2.24, 2.45) is 11.7 Å². The van der Waals surface area contributed by atoms with Gasteiger partial charge in [-0.05, 0) is 44.8 Å². The molecular formula is C9H20N2O. The average molecular weight is 172 g/mol. The summed E-state index contributed by atoms with van der Waals surface area (Å²) in [4.78, 5) is 2.41. The predicted molar refractivity (Wildman–Crippen MR) is 49.9 cm³/mol. The first-order chi connectivity index (χ1) is 5.86.